The Balaban J connectivity index is 2.35. The molecular weight excluding hydrogens is 239 g/mol. The van der Waals surface area contributed by atoms with Crippen LogP contribution in [0.4, 0.5) is 15.8 Å². The van der Waals surface area contributed by atoms with Crippen LogP contribution in [0.5, 0.6) is 0 Å². The topological polar surface area (TPSA) is 35.8 Å². The lowest BCUT2D eigenvalue weighted by atomic mass is 10.2. The molecule has 0 atom stereocenters. The van der Waals surface area contributed by atoms with Crippen LogP contribution in [0, 0.1) is 17.1 Å². The monoisotopic (exact) mass is 246 g/mol. The lowest BCUT2D eigenvalue weighted by Crippen LogP contribution is -1.94. The van der Waals surface area contributed by atoms with Crippen molar-refractivity contribution in [1.82, 2.24) is 0 Å². The molecule has 0 saturated carbocycles. The van der Waals surface area contributed by atoms with E-state index in [1.807, 2.05) is 6.07 Å². The normalized spacial score (nSPS) is 9.71. The summed E-state index contributed by atoms with van der Waals surface area (Å²) in [5.74, 6) is -0.431. The van der Waals surface area contributed by atoms with E-state index in [-0.39, 0.29) is 5.69 Å². The van der Waals surface area contributed by atoms with Gasteiger partial charge in [0.2, 0.25) is 0 Å². The molecule has 0 aliphatic heterocycles. The number of nitrogens with zero attached hydrogens (tertiary/aromatic N) is 1. The Labute approximate surface area is 103 Å². The zero-order chi connectivity index (χ0) is 12.3. The number of hydrogen-bond acceptors (Lipinski definition) is 2. The van der Waals surface area contributed by atoms with Crippen molar-refractivity contribution in [2.75, 3.05) is 5.32 Å². The second-order valence-corrected chi connectivity index (χ2v) is 3.82. The van der Waals surface area contributed by atoms with Gasteiger partial charge in [-0.1, -0.05) is 23.7 Å². The van der Waals surface area contributed by atoms with Crippen LogP contribution in [0.3, 0.4) is 0 Å². The Kier molecular flexibility index (Phi) is 3.27. The summed E-state index contributed by atoms with van der Waals surface area (Å²) < 4.78 is 13.5. The summed E-state index contributed by atoms with van der Waals surface area (Å²) in [6.45, 7) is 0. The molecule has 0 radical (unpaired) electrons. The van der Waals surface area contributed by atoms with E-state index in [4.69, 9.17) is 16.9 Å². The first-order valence-corrected chi connectivity index (χ1v) is 5.29. The maximum atomic E-state index is 13.5. The van der Waals surface area contributed by atoms with Crippen LogP contribution in [0.2, 0.25) is 5.02 Å². The summed E-state index contributed by atoms with van der Waals surface area (Å²) in [6, 6.07) is 13.2. The van der Waals surface area contributed by atoms with Gasteiger partial charge >= 0.3 is 0 Å². The molecule has 4 heteroatoms. The van der Waals surface area contributed by atoms with Crippen molar-refractivity contribution in [1.29, 1.82) is 5.26 Å². The number of hydrogen-bond donors (Lipinski definition) is 1. The van der Waals surface area contributed by atoms with Crippen LogP contribution in [0.25, 0.3) is 0 Å². The average Bonchev–Trinajstić information content (AvgIpc) is 2.34. The fraction of sp³-hybridized carbons (Fsp3) is 0. The molecule has 0 heterocycles. The highest BCUT2D eigenvalue weighted by molar-refractivity contribution is 6.33. The summed E-state index contributed by atoms with van der Waals surface area (Å²) in [5, 5.41) is 11.9. The predicted molar refractivity (Wildman–Crippen MR) is 65.8 cm³/mol. The number of nitriles is 1. The number of nitrogens with one attached hydrogen (secondary N) is 1. The molecule has 0 aromatic heterocycles. The van der Waals surface area contributed by atoms with Gasteiger partial charge in [0.15, 0.2) is 0 Å². The molecule has 17 heavy (non-hydrogen) atoms. The summed E-state index contributed by atoms with van der Waals surface area (Å²) in [6.07, 6.45) is 0. The van der Waals surface area contributed by atoms with Gasteiger partial charge in [-0.15, -0.1) is 0 Å². The Morgan fingerprint density at radius 3 is 2.65 bits per heavy atom. The lowest BCUT2D eigenvalue weighted by molar-refractivity contribution is 0.632. The van der Waals surface area contributed by atoms with Gasteiger partial charge in [-0.3, -0.25) is 0 Å². The Morgan fingerprint density at radius 2 is 1.94 bits per heavy atom. The van der Waals surface area contributed by atoms with Crippen LogP contribution in [-0.4, -0.2) is 0 Å². The van der Waals surface area contributed by atoms with Gasteiger partial charge in [0.25, 0.3) is 0 Å². The third-order valence-electron chi connectivity index (χ3n) is 2.22. The van der Waals surface area contributed by atoms with Gasteiger partial charge in [0.1, 0.15) is 5.82 Å². The summed E-state index contributed by atoms with van der Waals surface area (Å²) in [5.41, 5.74) is 1.34. The van der Waals surface area contributed by atoms with E-state index in [9.17, 15) is 4.39 Å². The molecule has 0 unspecified atom stereocenters. The molecule has 1 N–H and O–H groups in total. The van der Waals surface area contributed by atoms with E-state index in [1.165, 1.54) is 12.1 Å². The van der Waals surface area contributed by atoms with Gasteiger partial charge < -0.3 is 5.32 Å². The van der Waals surface area contributed by atoms with Gasteiger partial charge in [0.05, 0.1) is 22.3 Å². The molecule has 0 saturated heterocycles. The Hall–Kier alpha value is -2.05. The highest BCUT2D eigenvalue weighted by Gasteiger charge is 2.06. The maximum absolute atomic E-state index is 13.5. The van der Waals surface area contributed by atoms with Gasteiger partial charge in [-0.25, -0.2) is 4.39 Å². The molecule has 2 rings (SSSR count). The first kappa shape index (κ1) is 11.4. The van der Waals surface area contributed by atoms with Crippen LogP contribution in [0.15, 0.2) is 42.5 Å². The maximum Gasteiger partial charge on any atom is 0.148 e. The minimum absolute atomic E-state index is 0.212. The second-order valence-electron chi connectivity index (χ2n) is 3.41. The van der Waals surface area contributed by atoms with Crippen molar-refractivity contribution >= 4 is 23.0 Å². The van der Waals surface area contributed by atoms with Crippen LogP contribution in [0.1, 0.15) is 5.56 Å². The SMILES string of the molecule is N#Cc1cccc(Nc2c(F)cccc2Cl)c1. The quantitative estimate of drug-likeness (QED) is 0.866. The van der Waals surface area contributed by atoms with Crippen molar-refractivity contribution in [3.8, 4) is 6.07 Å². The molecule has 0 bridgehead atoms. The minimum Gasteiger partial charge on any atom is -0.352 e. The third-order valence-corrected chi connectivity index (χ3v) is 2.54. The van der Waals surface area contributed by atoms with Crippen molar-refractivity contribution < 1.29 is 4.39 Å². The van der Waals surface area contributed by atoms with Gasteiger partial charge in [0, 0.05) is 5.69 Å². The standard InChI is InChI=1S/C13H8ClFN2/c14-11-5-2-6-12(15)13(11)17-10-4-1-3-9(7-10)8-16/h1-7,17H. The molecule has 2 aromatic carbocycles. The van der Waals surface area contributed by atoms with E-state index in [2.05, 4.69) is 5.32 Å². The number of para-hydroxylation sites is 1. The third kappa shape index (κ3) is 2.55. The largest absolute Gasteiger partial charge is 0.352 e. The highest BCUT2D eigenvalue weighted by Crippen LogP contribution is 2.28. The van der Waals surface area contributed by atoms with Crippen LogP contribution in [-0.2, 0) is 0 Å². The smallest absolute Gasteiger partial charge is 0.148 e. The minimum atomic E-state index is -0.431. The zero-order valence-electron chi connectivity index (χ0n) is 8.74. The molecule has 0 fully saturated rings. The predicted octanol–water partition coefficient (Wildman–Crippen LogP) is 4.09. The molecule has 0 aliphatic rings. The van der Waals surface area contributed by atoms with E-state index >= 15 is 0 Å². The fourth-order valence-corrected chi connectivity index (χ4v) is 1.64. The molecular formula is C13H8ClFN2. The van der Waals surface area contributed by atoms with Crippen LogP contribution >= 0.6 is 11.6 Å². The van der Waals surface area contributed by atoms with E-state index in [0.717, 1.165) is 0 Å². The lowest BCUT2D eigenvalue weighted by Gasteiger charge is -2.09. The van der Waals surface area contributed by atoms with E-state index in [0.29, 0.717) is 16.3 Å². The zero-order valence-corrected chi connectivity index (χ0v) is 9.50. The summed E-state index contributed by atoms with van der Waals surface area (Å²) in [4.78, 5) is 0. The Morgan fingerprint density at radius 1 is 1.18 bits per heavy atom. The summed E-state index contributed by atoms with van der Waals surface area (Å²) in [7, 11) is 0. The number of anilines is 2. The Bertz CT molecular complexity index is 570. The van der Waals surface area contributed by atoms with Crippen molar-refractivity contribution in [3.63, 3.8) is 0 Å². The average molecular weight is 247 g/mol. The van der Waals surface area contributed by atoms with Crippen LogP contribution < -0.4 is 5.32 Å². The van der Waals surface area contributed by atoms with E-state index < -0.39 is 5.82 Å². The first-order chi connectivity index (χ1) is 8.20. The number of halogens is 2. The molecule has 2 aromatic rings. The van der Waals surface area contributed by atoms with E-state index in [1.54, 1.807) is 30.3 Å². The second kappa shape index (κ2) is 4.86. The van der Waals surface area contributed by atoms with Crippen molar-refractivity contribution in [2.24, 2.45) is 0 Å². The number of rotatable bonds is 2. The molecule has 0 amide bonds. The highest BCUT2D eigenvalue weighted by atomic mass is 35.5. The summed E-state index contributed by atoms with van der Waals surface area (Å²) >= 11 is 5.89. The molecule has 2 nitrogen and oxygen atoms in total. The van der Waals surface area contributed by atoms with Gasteiger partial charge in [-0.05, 0) is 30.3 Å². The van der Waals surface area contributed by atoms with Crippen molar-refractivity contribution in [3.05, 3.63) is 58.9 Å². The first-order valence-electron chi connectivity index (χ1n) is 4.92. The number of benzene rings is 2. The molecule has 0 aliphatic carbocycles. The fourth-order valence-electron chi connectivity index (χ4n) is 1.43. The van der Waals surface area contributed by atoms with Gasteiger partial charge in [-0.2, -0.15) is 5.26 Å². The molecule has 84 valence electrons. The van der Waals surface area contributed by atoms with Crippen molar-refractivity contribution in [2.45, 2.75) is 0 Å². The molecule has 0 spiro atoms.